The topological polar surface area (TPSA) is 72.6 Å². The molecule has 15 heavy (non-hydrogen) atoms. The van der Waals surface area contributed by atoms with E-state index in [-0.39, 0.29) is 12.5 Å². The van der Waals surface area contributed by atoms with E-state index >= 15 is 0 Å². The van der Waals surface area contributed by atoms with Crippen LogP contribution in [-0.4, -0.2) is 23.4 Å². The lowest BCUT2D eigenvalue weighted by Gasteiger charge is -2.26. The van der Waals surface area contributed by atoms with E-state index < -0.39 is 11.7 Å². The molecule has 0 aliphatic heterocycles. The van der Waals surface area contributed by atoms with Gasteiger partial charge in [0, 0.05) is 12.5 Å². The molecule has 1 rings (SSSR count). The zero-order valence-corrected chi connectivity index (χ0v) is 9.27. The van der Waals surface area contributed by atoms with Crippen molar-refractivity contribution in [3.05, 3.63) is 12.2 Å². The number of allylic oxidation sites excluding steroid dienone is 1. The Labute approximate surface area is 90.1 Å². The molecule has 0 aromatic heterocycles. The maximum absolute atomic E-state index is 10.7. The summed E-state index contributed by atoms with van der Waals surface area (Å²) in [6.07, 6.45) is 5.02. The van der Waals surface area contributed by atoms with E-state index in [1.54, 1.807) is 0 Å². The van der Waals surface area contributed by atoms with Crippen LogP contribution >= 0.6 is 0 Å². The van der Waals surface area contributed by atoms with Gasteiger partial charge in [-0.15, -0.1) is 0 Å². The Hall–Kier alpha value is -1.03. The fourth-order valence-electron chi connectivity index (χ4n) is 2.09. The smallest absolute Gasteiger partial charge is 0.405 e. The van der Waals surface area contributed by atoms with Gasteiger partial charge in [0.15, 0.2) is 0 Å². The van der Waals surface area contributed by atoms with Gasteiger partial charge < -0.3 is 15.6 Å². The molecule has 1 amide bonds. The summed E-state index contributed by atoms with van der Waals surface area (Å²) >= 11 is 0. The molecule has 0 saturated carbocycles. The number of aliphatic hydroxyl groups is 1. The monoisotopic (exact) mass is 213 g/mol. The number of rotatable bonds is 4. The van der Waals surface area contributed by atoms with Gasteiger partial charge in [-0.05, 0) is 32.6 Å². The van der Waals surface area contributed by atoms with Crippen molar-refractivity contribution in [1.29, 1.82) is 0 Å². The fraction of sp³-hybridized carbons (Fsp3) is 0.727. The number of amides is 1. The van der Waals surface area contributed by atoms with E-state index in [1.807, 2.05) is 19.9 Å². The molecule has 0 heterocycles. The SMILES string of the molecule is CC(C)(CC1C=CC(CO)C1)OC(N)=O. The maximum atomic E-state index is 10.7. The van der Waals surface area contributed by atoms with Crippen molar-refractivity contribution < 1.29 is 14.6 Å². The molecule has 0 fully saturated rings. The van der Waals surface area contributed by atoms with Crippen molar-refractivity contribution in [3.8, 4) is 0 Å². The Balaban J connectivity index is 2.42. The molecule has 4 heteroatoms. The third-order valence-electron chi connectivity index (χ3n) is 2.63. The first-order chi connectivity index (χ1) is 6.93. The van der Waals surface area contributed by atoms with Gasteiger partial charge in [-0.1, -0.05) is 12.2 Å². The largest absolute Gasteiger partial charge is 0.444 e. The van der Waals surface area contributed by atoms with Crippen molar-refractivity contribution >= 4 is 6.09 Å². The van der Waals surface area contributed by atoms with Gasteiger partial charge in [0.1, 0.15) is 5.60 Å². The van der Waals surface area contributed by atoms with Gasteiger partial charge in [0.05, 0.1) is 0 Å². The lowest BCUT2D eigenvalue weighted by molar-refractivity contribution is 0.0297. The third-order valence-corrected chi connectivity index (χ3v) is 2.63. The number of nitrogens with two attached hydrogens (primary N) is 1. The molecule has 3 N–H and O–H groups in total. The predicted octanol–water partition coefficient (Wildman–Crippen LogP) is 1.43. The average molecular weight is 213 g/mol. The van der Waals surface area contributed by atoms with Crippen LogP contribution in [0.25, 0.3) is 0 Å². The van der Waals surface area contributed by atoms with Crippen LogP contribution in [0.5, 0.6) is 0 Å². The minimum Gasteiger partial charge on any atom is -0.444 e. The van der Waals surface area contributed by atoms with Crippen LogP contribution < -0.4 is 5.73 Å². The third kappa shape index (κ3) is 3.91. The summed E-state index contributed by atoms with van der Waals surface area (Å²) in [7, 11) is 0. The van der Waals surface area contributed by atoms with Gasteiger partial charge in [-0.25, -0.2) is 4.79 Å². The molecule has 0 aromatic rings. The second-order valence-electron chi connectivity index (χ2n) is 4.71. The van der Waals surface area contributed by atoms with Crippen molar-refractivity contribution in [2.75, 3.05) is 6.61 Å². The Morgan fingerprint density at radius 2 is 2.13 bits per heavy atom. The second-order valence-corrected chi connectivity index (χ2v) is 4.71. The molecule has 2 atom stereocenters. The normalized spacial score (nSPS) is 25.5. The zero-order valence-electron chi connectivity index (χ0n) is 9.27. The Kier molecular flexibility index (Phi) is 3.74. The van der Waals surface area contributed by atoms with E-state index in [1.165, 1.54) is 0 Å². The Morgan fingerprint density at radius 1 is 1.53 bits per heavy atom. The van der Waals surface area contributed by atoms with Crippen molar-refractivity contribution in [1.82, 2.24) is 0 Å². The quantitative estimate of drug-likeness (QED) is 0.694. The molecule has 0 aromatic carbocycles. The highest BCUT2D eigenvalue weighted by Gasteiger charge is 2.28. The van der Waals surface area contributed by atoms with Crippen LogP contribution in [-0.2, 0) is 4.74 Å². The summed E-state index contributed by atoms with van der Waals surface area (Å²) in [5, 5.41) is 8.97. The zero-order chi connectivity index (χ0) is 11.5. The molecule has 0 saturated heterocycles. The minimum atomic E-state index is -0.735. The first-order valence-electron chi connectivity index (χ1n) is 5.20. The maximum Gasteiger partial charge on any atom is 0.405 e. The van der Waals surface area contributed by atoms with Crippen molar-refractivity contribution in [2.45, 2.75) is 32.3 Å². The lowest BCUT2D eigenvalue weighted by atomic mass is 9.91. The van der Waals surface area contributed by atoms with E-state index in [0.29, 0.717) is 5.92 Å². The molecule has 1 aliphatic carbocycles. The number of hydrogen-bond acceptors (Lipinski definition) is 3. The molecular formula is C11H19NO3. The molecule has 2 unspecified atom stereocenters. The highest BCUT2D eigenvalue weighted by Crippen LogP contribution is 2.31. The van der Waals surface area contributed by atoms with Gasteiger partial charge >= 0.3 is 6.09 Å². The Morgan fingerprint density at radius 3 is 2.60 bits per heavy atom. The number of carbonyl (C=O) groups is 1. The van der Waals surface area contributed by atoms with E-state index in [4.69, 9.17) is 15.6 Å². The number of primary amides is 1. The summed E-state index contributed by atoms with van der Waals surface area (Å²) in [6, 6.07) is 0. The predicted molar refractivity (Wildman–Crippen MR) is 57.2 cm³/mol. The number of ether oxygens (including phenoxy) is 1. The Bertz CT molecular complexity index is 261. The second kappa shape index (κ2) is 4.66. The van der Waals surface area contributed by atoms with Crippen LogP contribution in [0.2, 0.25) is 0 Å². The molecule has 0 bridgehead atoms. The molecule has 0 radical (unpaired) electrons. The fourth-order valence-corrected chi connectivity index (χ4v) is 2.09. The van der Waals surface area contributed by atoms with Crippen LogP contribution in [0.1, 0.15) is 26.7 Å². The first kappa shape index (κ1) is 12.0. The van der Waals surface area contributed by atoms with Crippen LogP contribution in [0, 0.1) is 11.8 Å². The highest BCUT2D eigenvalue weighted by atomic mass is 16.6. The van der Waals surface area contributed by atoms with Crippen molar-refractivity contribution in [2.24, 2.45) is 17.6 Å². The average Bonchev–Trinajstić information content (AvgIpc) is 2.48. The van der Waals surface area contributed by atoms with Gasteiger partial charge in [-0.3, -0.25) is 0 Å². The number of carbonyl (C=O) groups excluding carboxylic acids is 1. The molecule has 1 aliphatic rings. The summed E-state index contributed by atoms with van der Waals surface area (Å²) < 4.78 is 5.01. The van der Waals surface area contributed by atoms with E-state index in [2.05, 4.69) is 6.08 Å². The first-order valence-corrected chi connectivity index (χ1v) is 5.20. The summed E-state index contributed by atoms with van der Waals surface area (Å²) in [5.74, 6) is 0.607. The standard InChI is InChI=1S/C11H19NO3/c1-11(2,15-10(12)14)6-8-3-4-9(5-8)7-13/h3-4,8-9,13H,5-7H2,1-2H3,(H2,12,14). The van der Waals surface area contributed by atoms with Crippen LogP contribution in [0.3, 0.4) is 0 Å². The summed E-state index contributed by atoms with van der Waals surface area (Å²) in [5.41, 5.74) is 4.45. The molecule has 0 spiro atoms. The highest BCUT2D eigenvalue weighted by molar-refractivity contribution is 5.65. The summed E-state index contributed by atoms with van der Waals surface area (Å²) in [4.78, 5) is 10.7. The van der Waals surface area contributed by atoms with E-state index in [0.717, 1.165) is 12.8 Å². The van der Waals surface area contributed by atoms with Gasteiger partial charge in [-0.2, -0.15) is 0 Å². The molecular weight excluding hydrogens is 194 g/mol. The van der Waals surface area contributed by atoms with Crippen LogP contribution in [0.15, 0.2) is 12.2 Å². The number of hydrogen-bond donors (Lipinski definition) is 2. The van der Waals surface area contributed by atoms with Crippen molar-refractivity contribution in [3.63, 3.8) is 0 Å². The number of aliphatic hydroxyl groups excluding tert-OH is 1. The lowest BCUT2D eigenvalue weighted by Crippen LogP contribution is -2.32. The van der Waals surface area contributed by atoms with Gasteiger partial charge in [0.2, 0.25) is 0 Å². The van der Waals surface area contributed by atoms with E-state index in [9.17, 15) is 4.79 Å². The minimum absolute atomic E-state index is 0.185. The molecule has 4 nitrogen and oxygen atoms in total. The van der Waals surface area contributed by atoms with Gasteiger partial charge in [0.25, 0.3) is 0 Å². The van der Waals surface area contributed by atoms with Crippen LogP contribution in [0.4, 0.5) is 4.79 Å². The molecule has 86 valence electrons. The summed E-state index contributed by atoms with van der Waals surface area (Å²) in [6.45, 7) is 3.87.